The molecule has 0 aromatic heterocycles. The molecule has 0 heterocycles. The predicted molar refractivity (Wildman–Crippen MR) is 219 cm³/mol. The molecular formula is C42H66NP3. The monoisotopic (exact) mass is 677 g/mol. The molecule has 0 aliphatic carbocycles. The summed E-state index contributed by atoms with van der Waals surface area (Å²) in [7, 11) is -1.63. The molecule has 0 aliphatic heterocycles. The van der Waals surface area contributed by atoms with Crippen LogP contribution in [0.25, 0.3) is 0 Å². The highest BCUT2D eigenvalue weighted by Gasteiger charge is 2.42. The van der Waals surface area contributed by atoms with E-state index < -0.39 is 23.8 Å². The van der Waals surface area contributed by atoms with Gasteiger partial charge in [-0.05, 0) is 49.1 Å². The van der Waals surface area contributed by atoms with Crippen LogP contribution in [0.1, 0.15) is 125 Å². The van der Waals surface area contributed by atoms with Gasteiger partial charge in [0.2, 0.25) is 0 Å². The second-order valence-corrected chi connectivity index (χ2v) is 30.3. The fourth-order valence-corrected chi connectivity index (χ4v) is 20.4. The molecule has 0 bridgehead atoms. The highest BCUT2D eigenvalue weighted by molar-refractivity contribution is 7.69. The number of benzene rings is 3. The van der Waals surface area contributed by atoms with E-state index in [1.165, 1.54) is 33.0 Å². The molecule has 0 saturated heterocycles. The van der Waals surface area contributed by atoms with E-state index in [0.29, 0.717) is 0 Å². The molecule has 0 spiro atoms. The average molecular weight is 678 g/mol. The zero-order valence-electron chi connectivity index (χ0n) is 32.7. The van der Waals surface area contributed by atoms with Crippen LogP contribution < -0.4 is 20.8 Å². The maximum atomic E-state index is 2.71. The Morgan fingerprint density at radius 2 is 0.478 bits per heavy atom. The van der Waals surface area contributed by atoms with E-state index in [-0.39, 0.29) is 30.9 Å². The molecule has 0 fully saturated rings. The van der Waals surface area contributed by atoms with Crippen molar-refractivity contribution < 1.29 is 0 Å². The summed E-state index contributed by atoms with van der Waals surface area (Å²) in [5.41, 5.74) is 4.02. The Labute approximate surface area is 289 Å². The van der Waals surface area contributed by atoms with E-state index in [9.17, 15) is 0 Å². The molecule has 46 heavy (non-hydrogen) atoms. The lowest BCUT2D eigenvalue weighted by Crippen LogP contribution is -2.37. The number of nitrogens with zero attached hydrogens (tertiary/aromatic N) is 1. The van der Waals surface area contributed by atoms with Gasteiger partial charge in [-0.2, -0.15) is 0 Å². The van der Waals surface area contributed by atoms with Crippen LogP contribution in [0, 0.1) is 0 Å². The van der Waals surface area contributed by atoms with Gasteiger partial charge in [0.25, 0.3) is 0 Å². The lowest BCUT2D eigenvalue weighted by Gasteiger charge is -2.47. The lowest BCUT2D eigenvalue weighted by atomic mass is 10.2. The SMILES string of the molecule is CC(C)(C)P(c1ccccc1N(c1ccccc1P(C(C)(C)C)C(C)(C)C)c1ccccc1P(C(C)(C)C)C(C)(C)C)C(C)(C)C. The Kier molecular flexibility index (Phi) is 11.6. The molecule has 3 rings (SSSR count). The van der Waals surface area contributed by atoms with Crippen molar-refractivity contribution in [1.29, 1.82) is 0 Å². The molecule has 0 amide bonds. The number of anilines is 3. The molecule has 0 atom stereocenters. The molecule has 0 aliphatic rings. The van der Waals surface area contributed by atoms with Gasteiger partial charge in [-0.1, -0.05) is 203 Å². The Bertz CT molecular complexity index is 1240. The van der Waals surface area contributed by atoms with Gasteiger partial charge in [-0.25, -0.2) is 0 Å². The summed E-state index contributed by atoms with van der Waals surface area (Å²) >= 11 is 0. The predicted octanol–water partition coefficient (Wildman–Crippen LogP) is 13.3. The standard InChI is InChI=1S/C42H66NP3/c1-37(2,3)44(38(4,5)6)34-28-22-19-25-31(34)43(32-26-20-23-29-35(32)45(39(7,8)9)40(10,11)12)33-27-21-24-30-36(33)46(41(13,14)15)42(16,17)18/h19-30H,1-18H3. The van der Waals surface area contributed by atoms with Gasteiger partial charge in [-0.15, -0.1) is 0 Å². The van der Waals surface area contributed by atoms with Gasteiger partial charge in [-0.3, -0.25) is 0 Å². The van der Waals surface area contributed by atoms with E-state index >= 15 is 0 Å². The number of hydrogen-bond donors (Lipinski definition) is 0. The zero-order valence-corrected chi connectivity index (χ0v) is 35.4. The number of rotatable bonds is 6. The Morgan fingerprint density at radius 3 is 0.652 bits per heavy atom. The molecule has 1 nitrogen and oxygen atoms in total. The number of hydrogen-bond acceptors (Lipinski definition) is 1. The zero-order chi connectivity index (χ0) is 35.3. The van der Waals surface area contributed by atoms with Gasteiger partial charge < -0.3 is 4.90 Å². The minimum Gasteiger partial charge on any atom is -0.309 e. The minimum atomic E-state index is -0.543. The minimum absolute atomic E-state index is 0.140. The summed E-state index contributed by atoms with van der Waals surface area (Å²) < 4.78 is 0. The first-order valence-electron chi connectivity index (χ1n) is 17.2. The average Bonchev–Trinajstić information content (AvgIpc) is 2.82. The van der Waals surface area contributed by atoms with Crippen molar-refractivity contribution in [2.75, 3.05) is 4.90 Å². The Morgan fingerprint density at radius 1 is 0.304 bits per heavy atom. The van der Waals surface area contributed by atoms with Crippen molar-refractivity contribution in [3.8, 4) is 0 Å². The first-order chi connectivity index (χ1) is 20.7. The van der Waals surface area contributed by atoms with Crippen LogP contribution in [0.15, 0.2) is 72.8 Å². The molecule has 0 unspecified atom stereocenters. The first kappa shape index (κ1) is 39.2. The molecular weight excluding hydrogens is 611 g/mol. The summed E-state index contributed by atoms with van der Waals surface area (Å²) in [6.07, 6.45) is 0. The van der Waals surface area contributed by atoms with Crippen LogP contribution in [0.2, 0.25) is 0 Å². The molecule has 0 N–H and O–H groups in total. The van der Waals surface area contributed by atoms with Gasteiger partial charge in [0, 0.05) is 15.9 Å². The maximum Gasteiger partial charge on any atom is 0.0539 e. The van der Waals surface area contributed by atoms with E-state index in [2.05, 4.69) is 202 Å². The third-order valence-electron chi connectivity index (χ3n) is 8.12. The second kappa shape index (κ2) is 13.6. The van der Waals surface area contributed by atoms with Crippen LogP contribution in [-0.4, -0.2) is 30.9 Å². The van der Waals surface area contributed by atoms with Crippen molar-refractivity contribution in [3.05, 3.63) is 72.8 Å². The molecule has 254 valence electrons. The third kappa shape index (κ3) is 8.85. The van der Waals surface area contributed by atoms with Crippen molar-refractivity contribution in [2.45, 2.75) is 156 Å². The fraction of sp³-hybridized carbons (Fsp3) is 0.571. The van der Waals surface area contributed by atoms with Gasteiger partial charge in [0.05, 0.1) is 17.1 Å². The van der Waals surface area contributed by atoms with Crippen molar-refractivity contribution in [1.82, 2.24) is 0 Å². The maximum absolute atomic E-state index is 2.71. The van der Waals surface area contributed by atoms with Crippen LogP contribution >= 0.6 is 23.8 Å². The smallest absolute Gasteiger partial charge is 0.0539 e. The topological polar surface area (TPSA) is 3.24 Å². The Hall–Kier alpha value is -1.25. The van der Waals surface area contributed by atoms with E-state index in [0.717, 1.165) is 0 Å². The van der Waals surface area contributed by atoms with Crippen LogP contribution in [-0.2, 0) is 0 Å². The molecule has 3 aromatic carbocycles. The summed E-state index contributed by atoms with van der Waals surface area (Å²) in [5.74, 6) is 0. The van der Waals surface area contributed by atoms with E-state index in [4.69, 9.17) is 0 Å². The van der Waals surface area contributed by atoms with Crippen LogP contribution in [0.3, 0.4) is 0 Å². The van der Waals surface area contributed by atoms with Gasteiger partial charge in [0.15, 0.2) is 0 Å². The van der Waals surface area contributed by atoms with Crippen molar-refractivity contribution in [3.63, 3.8) is 0 Å². The van der Waals surface area contributed by atoms with Crippen molar-refractivity contribution in [2.24, 2.45) is 0 Å². The van der Waals surface area contributed by atoms with E-state index in [1.54, 1.807) is 0 Å². The second-order valence-electron chi connectivity index (χ2n) is 18.8. The van der Waals surface area contributed by atoms with Crippen LogP contribution in [0.5, 0.6) is 0 Å². The highest BCUT2D eigenvalue weighted by atomic mass is 31.1. The molecule has 3 aromatic rings. The fourth-order valence-electron chi connectivity index (χ4n) is 8.10. The summed E-state index contributed by atoms with van der Waals surface area (Å²) in [5, 5.41) is 5.32. The van der Waals surface area contributed by atoms with E-state index in [1.807, 2.05) is 0 Å². The molecule has 0 radical (unpaired) electrons. The summed E-state index contributed by atoms with van der Waals surface area (Å²) in [6, 6.07) is 28.2. The summed E-state index contributed by atoms with van der Waals surface area (Å²) in [6.45, 7) is 44.1. The van der Waals surface area contributed by atoms with Crippen molar-refractivity contribution >= 4 is 56.7 Å². The first-order valence-corrected chi connectivity index (χ1v) is 21.2. The lowest BCUT2D eigenvalue weighted by molar-refractivity contribution is 0.714. The van der Waals surface area contributed by atoms with Gasteiger partial charge in [0.1, 0.15) is 0 Å². The normalized spacial score (nSPS) is 14.0. The molecule has 4 heteroatoms. The number of para-hydroxylation sites is 3. The van der Waals surface area contributed by atoms with Gasteiger partial charge >= 0.3 is 0 Å². The molecule has 0 saturated carbocycles. The third-order valence-corrected chi connectivity index (χ3v) is 18.7. The van der Waals surface area contributed by atoms with Crippen LogP contribution in [0.4, 0.5) is 17.1 Å². The summed E-state index contributed by atoms with van der Waals surface area (Å²) in [4.78, 5) is 2.71. The highest BCUT2D eigenvalue weighted by Crippen LogP contribution is 2.64. The quantitative estimate of drug-likeness (QED) is 0.235. The Balaban J connectivity index is 2.63. The largest absolute Gasteiger partial charge is 0.309 e.